The number of aliphatic hydroxyl groups excluding tert-OH is 1. The minimum Gasteiger partial charge on any atom is -0.396 e. The fraction of sp³-hybridized carbons (Fsp3) is 0.571. The Morgan fingerprint density at radius 1 is 1.18 bits per heavy atom. The van der Waals surface area contributed by atoms with Gasteiger partial charge < -0.3 is 10.4 Å². The molecular weight excluding hydrogens is 230 g/mol. The summed E-state index contributed by atoms with van der Waals surface area (Å²) in [6.45, 7) is 6.57. The van der Waals surface area contributed by atoms with E-state index in [1.54, 1.807) is 11.8 Å². The molecule has 0 bridgehead atoms. The molecule has 0 aromatic heterocycles. The first kappa shape index (κ1) is 14.6. The van der Waals surface area contributed by atoms with Crippen molar-refractivity contribution in [2.45, 2.75) is 37.8 Å². The highest BCUT2D eigenvalue weighted by Gasteiger charge is 2.14. The topological polar surface area (TPSA) is 32.3 Å². The Kier molecular flexibility index (Phi) is 6.03. The van der Waals surface area contributed by atoms with Gasteiger partial charge in [0.2, 0.25) is 0 Å². The van der Waals surface area contributed by atoms with Crippen LogP contribution >= 0.6 is 11.8 Å². The molecule has 17 heavy (non-hydrogen) atoms. The van der Waals surface area contributed by atoms with Crippen LogP contribution in [0.4, 0.5) is 0 Å². The molecule has 2 N–H and O–H groups in total. The highest BCUT2D eigenvalue weighted by atomic mass is 32.2. The highest BCUT2D eigenvalue weighted by molar-refractivity contribution is 7.98. The van der Waals surface area contributed by atoms with Crippen molar-refractivity contribution in [3.05, 3.63) is 29.8 Å². The molecular formula is C14H23NOS. The average molecular weight is 253 g/mol. The largest absolute Gasteiger partial charge is 0.396 e. The number of thioether (sulfide) groups is 1. The molecule has 2 nitrogen and oxygen atoms in total. The van der Waals surface area contributed by atoms with Crippen molar-refractivity contribution >= 4 is 11.8 Å². The van der Waals surface area contributed by atoms with Crippen molar-refractivity contribution in [3.8, 4) is 0 Å². The van der Waals surface area contributed by atoms with Crippen LogP contribution in [-0.2, 0) is 0 Å². The maximum Gasteiger partial charge on any atom is 0.0471 e. The molecule has 1 rings (SSSR count). The molecule has 0 saturated heterocycles. The molecule has 96 valence electrons. The van der Waals surface area contributed by atoms with Crippen LogP contribution in [0.2, 0.25) is 0 Å². The van der Waals surface area contributed by atoms with Gasteiger partial charge in [-0.2, -0.15) is 0 Å². The molecule has 1 aromatic rings. The van der Waals surface area contributed by atoms with Crippen LogP contribution in [-0.4, -0.2) is 24.0 Å². The Balaban J connectivity index is 2.59. The van der Waals surface area contributed by atoms with Gasteiger partial charge in [0.1, 0.15) is 0 Å². The monoisotopic (exact) mass is 253 g/mol. The smallest absolute Gasteiger partial charge is 0.0471 e. The molecule has 0 aliphatic rings. The predicted molar refractivity (Wildman–Crippen MR) is 75.5 cm³/mol. The van der Waals surface area contributed by atoms with Gasteiger partial charge in [0, 0.05) is 23.6 Å². The Labute approximate surface area is 109 Å². The molecule has 0 amide bonds. The Hall–Kier alpha value is -0.510. The fourth-order valence-corrected chi connectivity index (χ4v) is 2.11. The molecule has 0 saturated carbocycles. The zero-order chi connectivity index (χ0) is 12.8. The van der Waals surface area contributed by atoms with Crippen molar-refractivity contribution < 1.29 is 5.11 Å². The van der Waals surface area contributed by atoms with Crippen LogP contribution < -0.4 is 5.32 Å². The standard InChI is InChI=1S/C14H23NOS/c1-10(9-16)11(2)15-12(3)13-5-7-14(17-4)8-6-13/h5-8,10-12,15-16H,9H2,1-4H3. The van der Waals surface area contributed by atoms with E-state index in [2.05, 4.69) is 56.6 Å². The number of hydrogen-bond donors (Lipinski definition) is 2. The van der Waals surface area contributed by atoms with Gasteiger partial charge in [-0.3, -0.25) is 0 Å². The van der Waals surface area contributed by atoms with Crippen LogP contribution in [0.5, 0.6) is 0 Å². The Morgan fingerprint density at radius 3 is 2.24 bits per heavy atom. The molecule has 0 spiro atoms. The van der Waals surface area contributed by atoms with Gasteiger partial charge in [0.05, 0.1) is 0 Å². The lowest BCUT2D eigenvalue weighted by molar-refractivity contribution is 0.202. The quantitative estimate of drug-likeness (QED) is 0.764. The first-order valence-electron chi connectivity index (χ1n) is 6.09. The van der Waals surface area contributed by atoms with Gasteiger partial charge in [-0.1, -0.05) is 19.1 Å². The SMILES string of the molecule is CSc1ccc(C(C)NC(C)C(C)CO)cc1. The van der Waals surface area contributed by atoms with Gasteiger partial charge in [0.25, 0.3) is 0 Å². The fourth-order valence-electron chi connectivity index (χ4n) is 1.71. The van der Waals surface area contributed by atoms with Crippen LogP contribution in [0.15, 0.2) is 29.2 Å². The van der Waals surface area contributed by atoms with Gasteiger partial charge >= 0.3 is 0 Å². The Morgan fingerprint density at radius 2 is 1.76 bits per heavy atom. The summed E-state index contributed by atoms with van der Waals surface area (Å²) in [5.74, 6) is 0.280. The Bertz CT molecular complexity index is 325. The van der Waals surface area contributed by atoms with Crippen molar-refractivity contribution in [2.24, 2.45) is 5.92 Å². The second kappa shape index (κ2) is 7.04. The molecule has 0 aliphatic carbocycles. The van der Waals surface area contributed by atoms with Gasteiger partial charge in [-0.25, -0.2) is 0 Å². The highest BCUT2D eigenvalue weighted by Crippen LogP contribution is 2.19. The van der Waals surface area contributed by atoms with E-state index in [9.17, 15) is 0 Å². The third kappa shape index (κ3) is 4.34. The summed E-state index contributed by atoms with van der Waals surface area (Å²) in [6, 6.07) is 9.26. The van der Waals surface area contributed by atoms with E-state index in [1.165, 1.54) is 10.5 Å². The van der Waals surface area contributed by atoms with Crippen molar-refractivity contribution in [1.82, 2.24) is 5.32 Å². The van der Waals surface area contributed by atoms with E-state index in [-0.39, 0.29) is 12.5 Å². The molecule has 0 fully saturated rings. The molecule has 3 heteroatoms. The maximum absolute atomic E-state index is 9.11. The molecule has 0 radical (unpaired) electrons. The number of aliphatic hydroxyl groups is 1. The zero-order valence-electron chi connectivity index (χ0n) is 11.1. The van der Waals surface area contributed by atoms with Crippen LogP contribution in [0.3, 0.4) is 0 Å². The van der Waals surface area contributed by atoms with E-state index >= 15 is 0 Å². The second-order valence-electron chi connectivity index (χ2n) is 4.61. The van der Waals surface area contributed by atoms with E-state index in [0.717, 1.165) is 0 Å². The van der Waals surface area contributed by atoms with Crippen LogP contribution in [0.1, 0.15) is 32.4 Å². The third-order valence-electron chi connectivity index (χ3n) is 3.27. The first-order valence-corrected chi connectivity index (χ1v) is 7.31. The van der Waals surface area contributed by atoms with Crippen molar-refractivity contribution in [1.29, 1.82) is 0 Å². The summed E-state index contributed by atoms with van der Waals surface area (Å²) >= 11 is 1.76. The summed E-state index contributed by atoms with van der Waals surface area (Å²) in [4.78, 5) is 1.29. The van der Waals surface area contributed by atoms with Gasteiger partial charge in [-0.15, -0.1) is 11.8 Å². The van der Waals surface area contributed by atoms with E-state index in [0.29, 0.717) is 12.1 Å². The number of rotatable bonds is 6. The third-order valence-corrected chi connectivity index (χ3v) is 4.01. The molecule has 3 unspecified atom stereocenters. The average Bonchev–Trinajstić information content (AvgIpc) is 2.37. The predicted octanol–water partition coefficient (Wildman–Crippen LogP) is 3.08. The zero-order valence-corrected chi connectivity index (χ0v) is 11.9. The molecule has 1 aromatic carbocycles. The number of nitrogens with one attached hydrogen (secondary N) is 1. The lowest BCUT2D eigenvalue weighted by Gasteiger charge is -2.24. The summed E-state index contributed by atoms with van der Waals surface area (Å²) in [5, 5.41) is 12.6. The maximum atomic E-state index is 9.11. The van der Waals surface area contributed by atoms with Crippen LogP contribution in [0.25, 0.3) is 0 Å². The lowest BCUT2D eigenvalue weighted by atomic mass is 10.0. The van der Waals surface area contributed by atoms with Crippen molar-refractivity contribution in [3.63, 3.8) is 0 Å². The van der Waals surface area contributed by atoms with Gasteiger partial charge in [0.15, 0.2) is 0 Å². The summed E-state index contributed by atoms with van der Waals surface area (Å²) in [7, 11) is 0. The molecule has 3 atom stereocenters. The summed E-state index contributed by atoms with van der Waals surface area (Å²) in [6.07, 6.45) is 2.09. The van der Waals surface area contributed by atoms with Crippen LogP contribution in [0, 0.1) is 5.92 Å². The summed E-state index contributed by atoms with van der Waals surface area (Å²) in [5.41, 5.74) is 1.29. The minimum atomic E-state index is 0.228. The molecule has 0 heterocycles. The molecule has 0 aliphatic heterocycles. The van der Waals surface area contributed by atoms with Gasteiger partial charge in [-0.05, 0) is 43.7 Å². The van der Waals surface area contributed by atoms with Crippen molar-refractivity contribution in [2.75, 3.05) is 12.9 Å². The number of benzene rings is 1. The lowest BCUT2D eigenvalue weighted by Crippen LogP contribution is -2.35. The minimum absolute atomic E-state index is 0.228. The first-order chi connectivity index (χ1) is 8.08. The number of hydrogen-bond acceptors (Lipinski definition) is 3. The second-order valence-corrected chi connectivity index (χ2v) is 5.49. The normalized spacial score (nSPS) is 16.5. The van der Waals surface area contributed by atoms with E-state index in [1.807, 2.05) is 0 Å². The van der Waals surface area contributed by atoms with E-state index < -0.39 is 0 Å². The summed E-state index contributed by atoms with van der Waals surface area (Å²) < 4.78 is 0. The van der Waals surface area contributed by atoms with E-state index in [4.69, 9.17) is 5.11 Å².